The molecule has 0 radical (unpaired) electrons. The number of carbonyl (C=O) groups excluding carboxylic acids is 2. The molecule has 1 aromatic carbocycles. The highest BCUT2D eigenvalue weighted by atomic mass is 32.1. The maximum Gasteiger partial charge on any atom is 0.276 e. The predicted octanol–water partition coefficient (Wildman–Crippen LogP) is 2.94. The molecule has 26 heavy (non-hydrogen) atoms. The predicted molar refractivity (Wildman–Crippen MR) is 96.1 cm³/mol. The minimum atomic E-state index is -0.850. The van der Waals surface area contributed by atoms with E-state index in [1.165, 1.54) is 12.1 Å². The number of hydrogen-bond donors (Lipinski definition) is 1. The van der Waals surface area contributed by atoms with Gasteiger partial charge in [0.2, 0.25) is 5.91 Å². The van der Waals surface area contributed by atoms with E-state index in [2.05, 4.69) is 14.9 Å². The molecule has 1 aromatic heterocycles. The van der Waals surface area contributed by atoms with Crippen LogP contribution in [-0.2, 0) is 4.79 Å². The maximum absolute atomic E-state index is 13.4. The van der Waals surface area contributed by atoms with Gasteiger partial charge in [-0.2, -0.15) is 0 Å². The van der Waals surface area contributed by atoms with Crippen molar-refractivity contribution in [2.45, 2.75) is 51.2 Å². The van der Waals surface area contributed by atoms with Gasteiger partial charge in [0.1, 0.15) is 11.9 Å². The first-order valence-corrected chi connectivity index (χ1v) is 9.27. The summed E-state index contributed by atoms with van der Waals surface area (Å²) in [7, 11) is 0. The average molecular weight is 376 g/mol. The Labute approximate surface area is 155 Å². The van der Waals surface area contributed by atoms with E-state index in [9.17, 15) is 14.0 Å². The second-order valence-electron chi connectivity index (χ2n) is 7.43. The molecule has 1 atom stereocenters. The molecule has 0 spiro atoms. The summed E-state index contributed by atoms with van der Waals surface area (Å²) in [5.41, 5.74) is 0.324. The lowest BCUT2D eigenvalue weighted by Gasteiger charge is -2.33. The van der Waals surface area contributed by atoms with Crippen molar-refractivity contribution < 1.29 is 14.0 Å². The largest absolute Gasteiger partial charge is 0.349 e. The third kappa shape index (κ3) is 4.24. The number of amides is 2. The van der Waals surface area contributed by atoms with Crippen molar-refractivity contribution in [2.75, 3.05) is 0 Å². The molecule has 3 rings (SSSR count). The Bertz CT molecular complexity index is 783. The number of nitrogens with zero attached hydrogens (tertiary/aromatic N) is 3. The van der Waals surface area contributed by atoms with E-state index >= 15 is 0 Å². The SMILES string of the molecule is CC(C)(C)NC(=O)C(c1ccc(F)cc1)N(C(=O)c1csnn1)C1CC1. The molecule has 2 amide bonds. The van der Waals surface area contributed by atoms with Crippen LogP contribution in [0.15, 0.2) is 29.6 Å². The third-order valence-electron chi connectivity index (χ3n) is 3.96. The molecule has 1 N–H and O–H groups in total. The van der Waals surface area contributed by atoms with E-state index in [1.807, 2.05) is 20.8 Å². The Morgan fingerprint density at radius 1 is 1.27 bits per heavy atom. The summed E-state index contributed by atoms with van der Waals surface area (Å²) >= 11 is 1.09. The zero-order chi connectivity index (χ0) is 18.9. The van der Waals surface area contributed by atoms with E-state index in [1.54, 1.807) is 22.4 Å². The Kier molecular flexibility index (Phi) is 5.04. The molecule has 1 heterocycles. The zero-order valence-corrected chi connectivity index (χ0v) is 15.7. The molecular formula is C18H21FN4O2S. The summed E-state index contributed by atoms with van der Waals surface area (Å²) in [6.07, 6.45) is 1.65. The average Bonchev–Trinajstić information content (AvgIpc) is 3.23. The van der Waals surface area contributed by atoms with Crippen LogP contribution in [0, 0.1) is 5.82 Å². The molecule has 1 aliphatic rings. The maximum atomic E-state index is 13.4. The molecule has 1 fully saturated rings. The van der Waals surface area contributed by atoms with E-state index < -0.39 is 17.4 Å². The lowest BCUT2D eigenvalue weighted by Crippen LogP contribution is -2.50. The summed E-state index contributed by atoms with van der Waals surface area (Å²) in [4.78, 5) is 27.6. The minimum absolute atomic E-state index is 0.0371. The summed E-state index contributed by atoms with van der Waals surface area (Å²) in [5, 5.41) is 8.36. The molecule has 0 aliphatic heterocycles. The molecule has 1 unspecified atom stereocenters. The van der Waals surface area contributed by atoms with Crippen molar-refractivity contribution >= 4 is 23.3 Å². The van der Waals surface area contributed by atoms with E-state index in [4.69, 9.17) is 0 Å². The van der Waals surface area contributed by atoms with E-state index in [0.29, 0.717) is 5.56 Å². The number of carbonyl (C=O) groups is 2. The van der Waals surface area contributed by atoms with Crippen LogP contribution in [0.25, 0.3) is 0 Å². The molecule has 8 heteroatoms. The molecular weight excluding hydrogens is 355 g/mol. The van der Waals surface area contributed by atoms with Crippen molar-refractivity contribution in [3.63, 3.8) is 0 Å². The molecule has 0 saturated heterocycles. The molecule has 138 valence electrons. The number of halogens is 1. The van der Waals surface area contributed by atoms with Gasteiger partial charge in [0.25, 0.3) is 5.91 Å². The van der Waals surface area contributed by atoms with Crippen LogP contribution in [0.1, 0.15) is 55.7 Å². The van der Waals surface area contributed by atoms with Gasteiger partial charge in [-0.25, -0.2) is 4.39 Å². The third-order valence-corrected chi connectivity index (χ3v) is 4.47. The fourth-order valence-electron chi connectivity index (χ4n) is 2.76. The van der Waals surface area contributed by atoms with E-state index in [0.717, 1.165) is 24.4 Å². The Morgan fingerprint density at radius 3 is 2.42 bits per heavy atom. The van der Waals surface area contributed by atoms with Gasteiger partial charge in [-0.15, -0.1) is 5.10 Å². The molecule has 6 nitrogen and oxygen atoms in total. The highest BCUT2D eigenvalue weighted by Crippen LogP contribution is 2.36. The second-order valence-corrected chi connectivity index (χ2v) is 8.04. The Balaban J connectivity index is 2.00. The number of hydrogen-bond acceptors (Lipinski definition) is 5. The number of benzene rings is 1. The van der Waals surface area contributed by atoms with Crippen molar-refractivity contribution in [3.05, 3.63) is 46.7 Å². The van der Waals surface area contributed by atoms with Crippen molar-refractivity contribution in [2.24, 2.45) is 0 Å². The highest BCUT2D eigenvalue weighted by molar-refractivity contribution is 7.03. The van der Waals surface area contributed by atoms with Crippen LogP contribution >= 0.6 is 11.5 Å². The lowest BCUT2D eigenvalue weighted by atomic mass is 10.0. The topological polar surface area (TPSA) is 75.2 Å². The van der Waals surface area contributed by atoms with Gasteiger partial charge in [0.05, 0.1) is 0 Å². The monoisotopic (exact) mass is 376 g/mol. The summed E-state index contributed by atoms with van der Waals surface area (Å²) in [5.74, 6) is -1.02. The fourth-order valence-corrected chi connectivity index (χ4v) is 3.19. The Morgan fingerprint density at radius 2 is 1.92 bits per heavy atom. The summed E-state index contributed by atoms with van der Waals surface area (Å²) < 4.78 is 17.1. The molecule has 1 aliphatic carbocycles. The van der Waals surface area contributed by atoms with Gasteiger partial charge in [-0.05, 0) is 62.8 Å². The van der Waals surface area contributed by atoms with Gasteiger partial charge in [0, 0.05) is 17.0 Å². The standard InChI is InChI=1S/C18H21FN4O2S/c1-18(2,3)20-16(24)15(11-4-6-12(19)7-5-11)23(13-8-9-13)17(25)14-10-26-22-21-14/h4-7,10,13,15H,8-9H2,1-3H3,(H,20,24). The lowest BCUT2D eigenvalue weighted by molar-refractivity contribution is -0.127. The number of nitrogens with one attached hydrogen (secondary N) is 1. The van der Waals surface area contributed by atoms with Crippen LogP contribution in [0.3, 0.4) is 0 Å². The smallest absolute Gasteiger partial charge is 0.276 e. The fraction of sp³-hybridized carbons (Fsp3) is 0.444. The first kappa shape index (κ1) is 18.4. The van der Waals surface area contributed by atoms with E-state index in [-0.39, 0.29) is 23.6 Å². The van der Waals surface area contributed by atoms with Crippen molar-refractivity contribution in [3.8, 4) is 0 Å². The minimum Gasteiger partial charge on any atom is -0.349 e. The van der Waals surface area contributed by atoms with Crippen LogP contribution in [-0.4, -0.2) is 37.9 Å². The molecule has 1 saturated carbocycles. The van der Waals surface area contributed by atoms with Crippen LogP contribution in [0.5, 0.6) is 0 Å². The van der Waals surface area contributed by atoms with Gasteiger partial charge in [0.15, 0.2) is 5.69 Å². The van der Waals surface area contributed by atoms with Gasteiger partial charge in [-0.1, -0.05) is 16.6 Å². The molecule has 2 aromatic rings. The van der Waals surface area contributed by atoms with Crippen LogP contribution in [0.4, 0.5) is 4.39 Å². The van der Waals surface area contributed by atoms with Gasteiger partial charge < -0.3 is 10.2 Å². The first-order valence-electron chi connectivity index (χ1n) is 8.43. The van der Waals surface area contributed by atoms with Crippen LogP contribution in [0.2, 0.25) is 0 Å². The number of rotatable bonds is 5. The highest BCUT2D eigenvalue weighted by Gasteiger charge is 2.43. The quantitative estimate of drug-likeness (QED) is 0.871. The first-order chi connectivity index (χ1) is 12.3. The van der Waals surface area contributed by atoms with Gasteiger partial charge in [-0.3, -0.25) is 9.59 Å². The van der Waals surface area contributed by atoms with Crippen molar-refractivity contribution in [1.82, 2.24) is 19.8 Å². The normalized spacial score (nSPS) is 15.4. The van der Waals surface area contributed by atoms with Crippen LogP contribution < -0.4 is 5.32 Å². The second kappa shape index (κ2) is 7.11. The number of aromatic nitrogens is 2. The van der Waals surface area contributed by atoms with Gasteiger partial charge >= 0.3 is 0 Å². The van der Waals surface area contributed by atoms with Crippen molar-refractivity contribution in [1.29, 1.82) is 0 Å². The Hall–Kier alpha value is -2.35. The summed E-state index contributed by atoms with van der Waals surface area (Å²) in [6, 6.07) is 4.80. The zero-order valence-electron chi connectivity index (χ0n) is 14.9. The molecule has 0 bridgehead atoms. The summed E-state index contributed by atoms with van der Waals surface area (Å²) in [6.45, 7) is 5.63.